The van der Waals surface area contributed by atoms with Gasteiger partial charge in [-0.15, -0.1) is 0 Å². The van der Waals surface area contributed by atoms with E-state index in [2.05, 4.69) is 10.6 Å². The van der Waals surface area contributed by atoms with E-state index in [9.17, 15) is 14.4 Å². The normalized spacial score (nSPS) is 15.3. The van der Waals surface area contributed by atoms with E-state index in [1.54, 1.807) is 6.92 Å². The molecule has 0 saturated carbocycles. The number of nitrogens with one attached hydrogen (secondary N) is 2. The number of hydrogen-bond acceptors (Lipinski definition) is 3. The summed E-state index contributed by atoms with van der Waals surface area (Å²) in [6.07, 6.45) is 0.222. The van der Waals surface area contributed by atoms with Crippen molar-refractivity contribution in [3.05, 3.63) is 0 Å². The fourth-order valence-corrected chi connectivity index (χ4v) is 1.28. The molecule has 0 aliphatic rings. The van der Waals surface area contributed by atoms with Crippen LogP contribution in [0.5, 0.6) is 0 Å². The van der Waals surface area contributed by atoms with Gasteiger partial charge in [0.05, 0.1) is 6.42 Å². The third-order valence-corrected chi connectivity index (χ3v) is 2.84. The molecule has 0 rings (SSSR count). The first-order chi connectivity index (χ1) is 8.27. The quantitative estimate of drug-likeness (QED) is 0.536. The molecule has 104 valence electrons. The minimum Gasteiger partial charge on any atom is -0.481 e. The third kappa shape index (κ3) is 6.07. The zero-order valence-electron chi connectivity index (χ0n) is 10.8. The molecular weight excluding hydrogens is 240 g/mol. The van der Waals surface area contributed by atoms with E-state index in [0.29, 0.717) is 0 Å². The molecule has 7 heteroatoms. The van der Waals surface area contributed by atoms with Gasteiger partial charge < -0.3 is 20.8 Å². The fraction of sp³-hybridized carbons (Fsp3) is 0.727. The zero-order chi connectivity index (χ0) is 14.3. The Labute approximate surface area is 106 Å². The van der Waals surface area contributed by atoms with Crippen LogP contribution in [-0.2, 0) is 9.59 Å². The Bertz CT molecular complexity index is 319. The lowest BCUT2D eigenvalue weighted by Crippen LogP contribution is -2.50. The average Bonchev–Trinajstić information content (AvgIpc) is 2.25. The standard InChI is InChI=1S/C11H20N2O5/c1-4-6(2)7(3)12-11(18)13-8(10(16)17)5-9(14)15/h6-8H,4-5H2,1-3H3,(H,14,15)(H,16,17)(H2,12,13,18). The van der Waals surface area contributed by atoms with Gasteiger partial charge in [0.25, 0.3) is 0 Å². The van der Waals surface area contributed by atoms with Gasteiger partial charge in [-0.3, -0.25) is 4.79 Å². The third-order valence-electron chi connectivity index (χ3n) is 2.84. The lowest BCUT2D eigenvalue weighted by atomic mass is 10.0. The smallest absolute Gasteiger partial charge is 0.326 e. The van der Waals surface area contributed by atoms with Gasteiger partial charge in [0.1, 0.15) is 6.04 Å². The molecule has 4 N–H and O–H groups in total. The van der Waals surface area contributed by atoms with E-state index in [1.165, 1.54) is 0 Å². The lowest BCUT2D eigenvalue weighted by molar-refractivity contribution is -0.145. The van der Waals surface area contributed by atoms with Crippen LogP contribution in [0.4, 0.5) is 4.79 Å². The fourth-order valence-electron chi connectivity index (χ4n) is 1.28. The van der Waals surface area contributed by atoms with E-state index in [-0.39, 0.29) is 12.0 Å². The first kappa shape index (κ1) is 16.2. The SMILES string of the molecule is CCC(C)C(C)NC(=O)NC(CC(=O)O)C(=O)O. The second-order valence-electron chi connectivity index (χ2n) is 4.28. The van der Waals surface area contributed by atoms with Crippen molar-refractivity contribution in [2.75, 3.05) is 0 Å². The molecule has 0 aromatic carbocycles. The minimum atomic E-state index is -1.42. The van der Waals surface area contributed by atoms with Crippen LogP contribution in [0.25, 0.3) is 0 Å². The van der Waals surface area contributed by atoms with Gasteiger partial charge >= 0.3 is 18.0 Å². The number of carbonyl (C=O) groups excluding carboxylic acids is 1. The van der Waals surface area contributed by atoms with Crippen LogP contribution in [0.2, 0.25) is 0 Å². The van der Waals surface area contributed by atoms with Crippen molar-refractivity contribution < 1.29 is 24.6 Å². The number of carboxylic acid groups (broad SMARTS) is 2. The van der Waals surface area contributed by atoms with E-state index in [4.69, 9.17) is 10.2 Å². The van der Waals surface area contributed by atoms with E-state index < -0.39 is 30.4 Å². The van der Waals surface area contributed by atoms with Crippen LogP contribution in [0.1, 0.15) is 33.6 Å². The Kier molecular flexibility index (Phi) is 6.77. The number of hydrogen-bond donors (Lipinski definition) is 4. The van der Waals surface area contributed by atoms with Crippen molar-refractivity contribution in [2.24, 2.45) is 5.92 Å². The van der Waals surface area contributed by atoms with Crippen molar-refractivity contribution in [3.63, 3.8) is 0 Å². The number of carboxylic acids is 2. The molecule has 3 unspecified atom stereocenters. The molecule has 2 amide bonds. The Balaban J connectivity index is 4.34. The van der Waals surface area contributed by atoms with E-state index in [1.807, 2.05) is 13.8 Å². The lowest BCUT2D eigenvalue weighted by Gasteiger charge is -2.21. The van der Waals surface area contributed by atoms with Gasteiger partial charge in [-0.05, 0) is 12.8 Å². The van der Waals surface area contributed by atoms with Gasteiger partial charge in [0, 0.05) is 6.04 Å². The van der Waals surface area contributed by atoms with Crippen molar-refractivity contribution in [3.8, 4) is 0 Å². The first-order valence-electron chi connectivity index (χ1n) is 5.79. The van der Waals surface area contributed by atoms with Crippen molar-refractivity contribution in [1.29, 1.82) is 0 Å². The maximum Gasteiger partial charge on any atom is 0.326 e. The summed E-state index contributed by atoms with van der Waals surface area (Å²) in [6, 6.07) is -2.21. The average molecular weight is 260 g/mol. The van der Waals surface area contributed by atoms with Gasteiger partial charge in [0.2, 0.25) is 0 Å². The summed E-state index contributed by atoms with van der Waals surface area (Å²) >= 11 is 0. The molecule has 0 aromatic heterocycles. The Morgan fingerprint density at radius 2 is 1.67 bits per heavy atom. The number of carbonyl (C=O) groups is 3. The van der Waals surface area contributed by atoms with Crippen molar-refractivity contribution in [2.45, 2.75) is 45.7 Å². The van der Waals surface area contributed by atoms with E-state index >= 15 is 0 Å². The molecule has 18 heavy (non-hydrogen) atoms. The van der Waals surface area contributed by atoms with Crippen molar-refractivity contribution >= 4 is 18.0 Å². The zero-order valence-corrected chi connectivity index (χ0v) is 10.8. The number of urea groups is 1. The number of rotatable bonds is 7. The highest BCUT2D eigenvalue weighted by Gasteiger charge is 2.24. The Hall–Kier alpha value is -1.79. The summed E-state index contributed by atoms with van der Waals surface area (Å²) in [4.78, 5) is 32.7. The van der Waals surface area contributed by atoms with Crippen LogP contribution >= 0.6 is 0 Å². The largest absolute Gasteiger partial charge is 0.481 e. The Morgan fingerprint density at radius 1 is 1.11 bits per heavy atom. The molecule has 0 bridgehead atoms. The predicted molar refractivity (Wildman–Crippen MR) is 64.3 cm³/mol. The molecular formula is C11H20N2O5. The molecule has 0 radical (unpaired) electrons. The van der Waals surface area contributed by atoms with Crippen LogP contribution in [-0.4, -0.2) is 40.3 Å². The van der Waals surface area contributed by atoms with Gasteiger partial charge in [-0.2, -0.15) is 0 Å². The molecule has 3 atom stereocenters. The second kappa shape index (κ2) is 7.52. The highest BCUT2D eigenvalue weighted by molar-refractivity contribution is 5.86. The molecule has 0 heterocycles. The molecule has 0 aliphatic carbocycles. The molecule has 0 aromatic rings. The summed E-state index contributed by atoms with van der Waals surface area (Å²) in [6.45, 7) is 5.74. The minimum absolute atomic E-state index is 0.116. The van der Waals surface area contributed by atoms with Gasteiger partial charge in [-0.25, -0.2) is 9.59 Å². The maximum absolute atomic E-state index is 11.5. The first-order valence-corrected chi connectivity index (χ1v) is 5.79. The van der Waals surface area contributed by atoms with Crippen LogP contribution in [0.15, 0.2) is 0 Å². The van der Waals surface area contributed by atoms with Crippen LogP contribution in [0, 0.1) is 5.92 Å². The summed E-state index contributed by atoms with van der Waals surface area (Å²) in [7, 11) is 0. The highest BCUT2D eigenvalue weighted by Crippen LogP contribution is 2.06. The highest BCUT2D eigenvalue weighted by atomic mass is 16.4. The molecule has 0 spiro atoms. The molecule has 0 fully saturated rings. The number of amides is 2. The topological polar surface area (TPSA) is 116 Å². The van der Waals surface area contributed by atoms with Crippen molar-refractivity contribution in [1.82, 2.24) is 10.6 Å². The molecule has 7 nitrogen and oxygen atoms in total. The predicted octanol–water partition coefficient (Wildman–Crippen LogP) is 0.648. The summed E-state index contributed by atoms with van der Waals surface area (Å²) in [5, 5.41) is 22.0. The van der Waals surface area contributed by atoms with Crippen LogP contribution < -0.4 is 10.6 Å². The van der Waals surface area contributed by atoms with Crippen LogP contribution in [0.3, 0.4) is 0 Å². The monoisotopic (exact) mass is 260 g/mol. The number of aliphatic carboxylic acids is 2. The van der Waals surface area contributed by atoms with E-state index in [0.717, 1.165) is 6.42 Å². The Morgan fingerprint density at radius 3 is 2.06 bits per heavy atom. The summed E-state index contributed by atoms with van der Waals surface area (Å²) in [5.74, 6) is -2.40. The summed E-state index contributed by atoms with van der Waals surface area (Å²) < 4.78 is 0. The molecule has 0 saturated heterocycles. The second-order valence-corrected chi connectivity index (χ2v) is 4.28. The maximum atomic E-state index is 11.5. The van der Waals surface area contributed by atoms with Gasteiger partial charge in [0.15, 0.2) is 0 Å². The van der Waals surface area contributed by atoms with Gasteiger partial charge in [-0.1, -0.05) is 20.3 Å². The molecule has 0 aliphatic heterocycles. The summed E-state index contributed by atoms with van der Waals surface area (Å²) in [5.41, 5.74) is 0.